The molecule has 0 aromatic heterocycles. The van der Waals surface area contributed by atoms with Crippen molar-refractivity contribution in [2.24, 2.45) is 4.99 Å². The maximum atomic E-state index is 11.5. The van der Waals surface area contributed by atoms with Crippen LogP contribution < -0.4 is 4.72 Å². The fourth-order valence-electron chi connectivity index (χ4n) is 0.776. The summed E-state index contributed by atoms with van der Waals surface area (Å²) in [5, 5.41) is -0.0655. The highest BCUT2D eigenvalue weighted by Gasteiger charge is 2.16. The van der Waals surface area contributed by atoms with E-state index in [4.69, 9.17) is 0 Å². The molecule has 0 aromatic carbocycles. The van der Waals surface area contributed by atoms with E-state index in [-0.39, 0.29) is 11.1 Å². The van der Waals surface area contributed by atoms with Crippen LogP contribution in [0.4, 0.5) is 0 Å². The number of rotatable bonds is 5. The summed E-state index contributed by atoms with van der Waals surface area (Å²) in [7, 11) is -3.51. The number of sulfonamides is 1. The van der Waals surface area contributed by atoms with Gasteiger partial charge in [0, 0.05) is 6.04 Å². The molecule has 0 rings (SSSR count). The first-order valence-corrected chi connectivity index (χ1v) is 5.74. The molecule has 0 unspecified atom stereocenters. The van der Waals surface area contributed by atoms with Gasteiger partial charge in [0.2, 0.25) is 0 Å². The van der Waals surface area contributed by atoms with E-state index in [9.17, 15) is 8.42 Å². The van der Waals surface area contributed by atoms with Crippen LogP contribution >= 0.6 is 0 Å². The highest BCUT2D eigenvalue weighted by Crippen LogP contribution is 2.06. The van der Waals surface area contributed by atoms with Gasteiger partial charge in [0.15, 0.2) is 5.03 Å². The molecule has 0 aliphatic carbocycles. The quantitative estimate of drug-likeness (QED) is 0.558. The Kier molecular flexibility index (Phi) is 5.34. The smallest absolute Gasteiger partial charge is 0.251 e. The molecule has 0 saturated heterocycles. The van der Waals surface area contributed by atoms with Gasteiger partial charge in [-0.2, -0.15) is 0 Å². The average molecular weight is 216 g/mol. The fourth-order valence-corrected chi connectivity index (χ4v) is 1.95. The van der Waals surface area contributed by atoms with E-state index in [1.54, 1.807) is 32.9 Å². The summed E-state index contributed by atoms with van der Waals surface area (Å²) in [6.45, 7) is 8.50. The Hall–Kier alpha value is -0.940. The molecule has 0 amide bonds. The molecule has 0 spiro atoms. The molecule has 0 saturated carbocycles. The molecule has 14 heavy (non-hydrogen) atoms. The van der Waals surface area contributed by atoms with E-state index >= 15 is 0 Å². The summed E-state index contributed by atoms with van der Waals surface area (Å²) in [6.07, 6.45) is 4.72. The largest absolute Gasteiger partial charge is 0.258 e. The second-order valence-corrected chi connectivity index (χ2v) is 4.63. The van der Waals surface area contributed by atoms with Crippen LogP contribution in [0.5, 0.6) is 0 Å². The summed E-state index contributed by atoms with van der Waals surface area (Å²) in [5.74, 6) is 0. The summed E-state index contributed by atoms with van der Waals surface area (Å²) in [6, 6.07) is -0.157. The molecule has 0 atom stereocenters. The van der Waals surface area contributed by atoms with E-state index in [2.05, 4.69) is 16.4 Å². The minimum atomic E-state index is -3.51. The van der Waals surface area contributed by atoms with Crippen molar-refractivity contribution in [2.75, 3.05) is 0 Å². The molecule has 0 radical (unpaired) electrons. The first kappa shape index (κ1) is 13.1. The Morgan fingerprint density at radius 2 is 2.07 bits per heavy atom. The second kappa shape index (κ2) is 5.72. The second-order valence-electron chi connectivity index (χ2n) is 2.96. The lowest BCUT2D eigenvalue weighted by atomic mass is 10.4. The van der Waals surface area contributed by atoms with Crippen molar-refractivity contribution in [3.63, 3.8) is 0 Å². The van der Waals surface area contributed by atoms with Crippen LogP contribution in [0, 0.1) is 0 Å². The molecule has 0 aromatic rings. The van der Waals surface area contributed by atoms with Gasteiger partial charge in [0.25, 0.3) is 10.0 Å². The van der Waals surface area contributed by atoms with Gasteiger partial charge in [0.05, 0.1) is 0 Å². The van der Waals surface area contributed by atoms with E-state index in [1.165, 1.54) is 6.08 Å². The maximum Gasteiger partial charge on any atom is 0.258 e. The number of hydrogen-bond donors (Lipinski definition) is 1. The molecule has 1 N–H and O–H groups in total. The van der Waals surface area contributed by atoms with Gasteiger partial charge < -0.3 is 0 Å². The van der Waals surface area contributed by atoms with Crippen LogP contribution in [0.15, 0.2) is 28.2 Å². The van der Waals surface area contributed by atoms with E-state index in [0.717, 1.165) is 0 Å². The summed E-state index contributed by atoms with van der Waals surface area (Å²) >= 11 is 0. The van der Waals surface area contributed by atoms with Crippen LogP contribution in [0.3, 0.4) is 0 Å². The molecule has 0 heterocycles. The Bertz CT molecular complexity index is 340. The van der Waals surface area contributed by atoms with Crippen LogP contribution in [0.2, 0.25) is 0 Å². The summed E-state index contributed by atoms with van der Waals surface area (Å²) < 4.78 is 25.5. The Balaban J connectivity index is 4.94. The van der Waals surface area contributed by atoms with Gasteiger partial charge >= 0.3 is 0 Å². The third-order valence-corrected chi connectivity index (χ3v) is 2.85. The standard InChI is InChI=1S/C9H16N2O2S/c1-5-6-7-9(10-4)14(12,13)11-8(2)3/h5-8,11H,4H2,1-3H3/b6-5-,9-7+. The van der Waals surface area contributed by atoms with Crippen molar-refractivity contribution >= 4 is 16.7 Å². The minimum absolute atomic E-state index is 0.0655. The molecule has 0 bridgehead atoms. The van der Waals surface area contributed by atoms with Crippen LogP contribution in [-0.2, 0) is 10.0 Å². The van der Waals surface area contributed by atoms with Crippen molar-refractivity contribution < 1.29 is 8.42 Å². The van der Waals surface area contributed by atoms with E-state index in [0.29, 0.717) is 0 Å². The maximum absolute atomic E-state index is 11.5. The van der Waals surface area contributed by atoms with Crippen molar-refractivity contribution in [2.45, 2.75) is 26.8 Å². The topological polar surface area (TPSA) is 58.5 Å². The van der Waals surface area contributed by atoms with E-state index < -0.39 is 10.0 Å². The van der Waals surface area contributed by atoms with Crippen molar-refractivity contribution in [3.05, 3.63) is 23.3 Å². The molecular formula is C9H16N2O2S. The van der Waals surface area contributed by atoms with Crippen molar-refractivity contribution in [1.29, 1.82) is 0 Å². The lowest BCUT2D eigenvalue weighted by Gasteiger charge is -2.08. The lowest BCUT2D eigenvalue weighted by Crippen LogP contribution is -2.30. The Morgan fingerprint density at radius 1 is 1.50 bits per heavy atom. The van der Waals surface area contributed by atoms with Gasteiger partial charge in [-0.1, -0.05) is 12.2 Å². The van der Waals surface area contributed by atoms with Crippen LogP contribution in [-0.4, -0.2) is 21.2 Å². The molecule has 80 valence electrons. The zero-order valence-corrected chi connectivity index (χ0v) is 9.50. The number of nitrogens with zero attached hydrogens (tertiary/aromatic N) is 1. The number of nitrogens with one attached hydrogen (secondary N) is 1. The predicted molar refractivity (Wildman–Crippen MR) is 59.6 cm³/mol. The van der Waals surface area contributed by atoms with Gasteiger partial charge in [-0.05, 0) is 33.6 Å². The van der Waals surface area contributed by atoms with Gasteiger partial charge in [-0.25, -0.2) is 13.1 Å². The third-order valence-electron chi connectivity index (χ3n) is 1.25. The first-order chi connectivity index (χ1) is 6.44. The molecular weight excluding hydrogens is 200 g/mol. The summed E-state index contributed by atoms with van der Waals surface area (Å²) in [5.41, 5.74) is 0. The molecule has 0 aliphatic heterocycles. The SMILES string of the molecule is C=N/C(=C\C=C/C)S(=O)(=O)NC(C)C. The minimum Gasteiger partial charge on any atom is -0.251 e. The first-order valence-electron chi connectivity index (χ1n) is 4.26. The molecule has 0 aliphatic rings. The highest BCUT2D eigenvalue weighted by atomic mass is 32.2. The fraction of sp³-hybridized carbons (Fsp3) is 0.444. The lowest BCUT2D eigenvalue weighted by molar-refractivity contribution is 0.576. The third kappa shape index (κ3) is 4.34. The highest BCUT2D eigenvalue weighted by molar-refractivity contribution is 7.93. The Labute approximate surface area is 85.5 Å². The van der Waals surface area contributed by atoms with E-state index in [1.807, 2.05) is 0 Å². The van der Waals surface area contributed by atoms with Crippen molar-refractivity contribution in [3.8, 4) is 0 Å². The monoisotopic (exact) mass is 216 g/mol. The molecule has 5 heteroatoms. The molecule has 4 nitrogen and oxygen atoms in total. The molecule has 0 fully saturated rings. The van der Waals surface area contributed by atoms with Crippen LogP contribution in [0.25, 0.3) is 0 Å². The van der Waals surface area contributed by atoms with Crippen LogP contribution in [0.1, 0.15) is 20.8 Å². The number of allylic oxidation sites excluding steroid dienone is 3. The zero-order valence-electron chi connectivity index (χ0n) is 8.69. The van der Waals surface area contributed by atoms with Crippen molar-refractivity contribution in [1.82, 2.24) is 4.72 Å². The summed E-state index contributed by atoms with van der Waals surface area (Å²) in [4.78, 5) is 3.46. The number of aliphatic imine (C=N–C) groups is 1. The number of hydrogen-bond acceptors (Lipinski definition) is 3. The predicted octanol–water partition coefficient (Wildman–Crippen LogP) is 1.43. The normalized spacial score (nSPS) is 13.9. The van der Waals surface area contributed by atoms with Gasteiger partial charge in [-0.3, -0.25) is 4.99 Å². The zero-order chi connectivity index (χ0) is 11.2. The Morgan fingerprint density at radius 3 is 2.43 bits per heavy atom. The van der Waals surface area contributed by atoms with Gasteiger partial charge in [0.1, 0.15) is 0 Å². The average Bonchev–Trinajstić information content (AvgIpc) is 2.02. The van der Waals surface area contributed by atoms with Gasteiger partial charge in [-0.15, -0.1) is 0 Å².